The highest BCUT2D eigenvalue weighted by atomic mass is 16.5. The zero-order chi connectivity index (χ0) is 12.0. The van der Waals surface area contributed by atoms with E-state index < -0.39 is 0 Å². The lowest BCUT2D eigenvalue weighted by Crippen LogP contribution is -2.29. The van der Waals surface area contributed by atoms with Crippen molar-refractivity contribution in [2.75, 3.05) is 7.11 Å². The van der Waals surface area contributed by atoms with Gasteiger partial charge in [0.15, 0.2) is 0 Å². The van der Waals surface area contributed by atoms with Crippen molar-refractivity contribution in [2.24, 2.45) is 5.73 Å². The lowest BCUT2D eigenvalue weighted by molar-refractivity contribution is 0.0125. The van der Waals surface area contributed by atoms with Crippen molar-refractivity contribution >= 4 is 0 Å². The smallest absolute Gasteiger partial charge is 0.0623 e. The third-order valence-electron chi connectivity index (χ3n) is 2.87. The molecule has 16 heavy (non-hydrogen) atoms. The van der Waals surface area contributed by atoms with Crippen molar-refractivity contribution < 1.29 is 4.74 Å². The first-order valence-electron chi connectivity index (χ1n) is 5.74. The van der Waals surface area contributed by atoms with Gasteiger partial charge in [-0.15, -0.1) is 0 Å². The van der Waals surface area contributed by atoms with Crippen LogP contribution < -0.4 is 5.73 Å². The highest BCUT2D eigenvalue weighted by molar-refractivity contribution is 5.05. The van der Waals surface area contributed by atoms with E-state index in [4.69, 9.17) is 10.5 Å². The summed E-state index contributed by atoms with van der Waals surface area (Å²) in [5.74, 6) is 0. The molecule has 1 aromatic heterocycles. The van der Waals surface area contributed by atoms with Gasteiger partial charge in [-0.1, -0.05) is 6.07 Å². The summed E-state index contributed by atoms with van der Waals surface area (Å²) in [4.78, 5) is 4.27. The molecule has 0 saturated carbocycles. The second-order valence-electron chi connectivity index (χ2n) is 4.79. The van der Waals surface area contributed by atoms with Gasteiger partial charge < -0.3 is 10.5 Å². The minimum Gasteiger partial charge on any atom is -0.379 e. The molecule has 1 unspecified atom stereocenters. The van der Waals surface area contributed by atoms with Gasteiger partial charge in [-0.2, -0.15) is 0 Å². The minimum absolute atomic E-state index is 0.0816. The van der Waals surface area contributed by atoms with E-state index in [0.29, 0.717) is 0 Å². The molecule has 1 atom stereocenters. The fourth-order valence-corrected chi connectivity index (χ4v) is 1.52. The molecule has 1 aromatic rings. The molecule has 3 nitrogen and oxygen atoms in total. The lowest BCUT2D eigenvalue weighted by Gasteiger charge is -2.24. The van der Waals surface area contributed by atoms with Crippen LogP contribution in [0.4, 0.5) is 0 Å². The van der Waals surface area contributed by atoms with Crippen LogP contribution in [0.1, 0.15) is 32.4 Å². The Labute approximate surface area is 98.0 Å². The van der Waals surface area contributed by atoms with E-state index in [9.17, 15) is 0 Å². The molecule has 1 heterocycles. The standard InChI is InChI=1S/C13H22N2O/c1-13(2,16-3)8-7-11(14)10-12-6-4-5-9-15-12/h4-6,9,11H,7-8,10,14H2,1-3H3. The van der Waals surface area contributed by atoms with Crippen molar-refractivity contribution in [3.05, 3.63) is 30.1 Å². The average molecular weight is 222 g/mol. The molecule has 0 amide bonds. The fourth-order valence-electron chi connectivity index (χ4n) is 1.52. The number of nitrogens with zero attached hydrogens (tertiary/aromatic N) is 1. The third-order valence-corrected chi connectivity index (χ3v) is 2.87. The van der Waals surface area contributed by atoms with Crippen molar-refractivity contribution in [1.82, 2.24) is 4.98 Å². The molecular formula is C13H22N2O. The summed E-state index contributed by atoms with van der Waals surface area (Å²) in [6, 6.07) is 6.09. The summed E-state index contributed by atoms with van der Waals surface area (Å²) in [5.41, 5.74) is 7.05. The highest BCUT2D eigenvalue weighted by Gasteiger charge is 2.17. The molecule has 3 heteroatoms. The molecule has 0 spiro atoms. The van der Waals surface area contributed by atoms with E-state index >= 15 is 0 Å². The maximum atomic E-state index is 6.07. The molecule has 2 N–H and O–H groups in total. The van der Waals surface area contributed by atoms with E-state index in [1.54, 1.807) is 13.3 Å². The number of nitrogens with two attached hydrogens (primary N) is 1. The molecule has 0 aliphatic carbocycles. The van der Waals surface area contributed by atoms with Crippen LogP contribution in [0.3, 0.4) is 0 Å². The quantitative estimate of drug-likeness (QED) is 0.802. The van der Waals surface area contributed by atoms with Gasteiger partial charge in [0.25, 0.3) is 0 Å². The predicted molar refractivity (Wildman–Crippen MR) is 66.2 cm³/mol. The average Bonchev–Trinajstić information content (AvgIpc) is 2.28. The molecule has 0 radical (unpaired) electrons. The highest BCUT2D eigenvalue weighted by Crippen LogP contribution is 2.17. The monoisotopic (exact) mass is 222 g/mol. The predicted octanol–water partition coefficient (Wildman–Crippen LogP) is 2.16. The Bertz CT molecular complexity index is 298. The Morgan fingerprint density at radius 3 is 2.75 bits per heavy atom. The third kappa shape index (κ3) is 4.73. The Hall–Kier alpha value is -0.930. The molecule has 0 bridgehead atoms. The molecule has 0 aliphatic rings. The van der Waals surface area contributed by atoms with Gasteiger partial charge in [0.2, 0.25) is 0 Å². The minimum atomic E-state index is -0.0816. The van der Waals surface area contributed by atoms with Gasteiger partial charge in [0.05, 0.1) is 5.60 Å². The van der Waals surface area contributed by atoms with E-state index in [1.165, 1.54) is 0 Å². The van der Waals surface area contributed by atoms with Crippen LogP contribution >= 0.6 is 0 Å². The summed E-state index contributed by atoms with van der Waals surface area (Å²) >= 11 is 0. The van der Waals surface area contributed by atoms with Crippen LogP contribution in [-0.2, 0) is 11.2 Å². The van der Waals surface area contributed by atoms with Crippen LogP contribution in [-0.4, -0.2) is 23.7 Å². The van der Waals surface area contributed by atoms with Crippen molar-refractivity contribution in [1.29, 1.82) is 0 Å². The Kier molecular flexibility index (Phi) is 4.90. The fraction of sp³-hybridized carbons (Fsp3) is 0.615. The zero-order valence-corrected chi connectivity index (χ0v) is 10.4. The molecular weight excluding hydrogens is 200 g/mol. The molecule has 0 fully saturated rings. The Morgan fingerprint density at radius 2 is 2.19 bits per heavy atom. The van der Waals surface area contributed by atoms with E-state index in [0.717, 1.165) is 25.0 Å². The lowest BCUT2D eigenvalue weighted by atomic mass is 9.97. The van der Waals surface area contributed by atoms with Crippen LogP contribution in [0.15, 0.2) is 24.4 Å². The van der Waals surface area contributed by atoms with Crippen LogP contribution in [0.2, 0.25) is 0 Å². The van der Waals surface area contributed by atoms with E-state index in [-0.39, 0.29) is 11.6 Å². The first-order valence-corrected chi connectivity index (χ1v) is 5.74. The van der Waals surface area contributed by atoms with Gasteiger partial charge in [-0.05, 0) is 38.8 Å². The molecule has 90 valence electrons. The number of ether oxygens (including phenoxy) is 1. The molecule has 1 rings (SSSR count). The summed E-state index contributed by atoms with van der Waals surface area (Å²) in [6.07, 6.45) is 4.57. The summed E-state index contributed by atoms with van der Waals surface area (Å²) in [7, 11) is 1.74. The number of aromatic nitrogens is 1. The van der Waals surface area contributed by atoms with Gasteiger partial charge in [0, 0.05) is 31.5 Å². The second-order valence-corrected chi connectivity index (χ2v) is 4.79. The van der Waals surface area contributed by atoms with Crippen molar-refractivity contribution in [3.8, 4) is 0 Å². The molecule has 0 saturated heterocycles. The number of rotatable bonds is 6. The van der Waals surface area contributed by atoms with E-state index in [1.807, 2.05) is 18.2 Å². The summed E-state index contributed by atoms with van der Waals surface area (Å²) in [6.45, 7) is 4.17. The maximum absolute atomic E-state index is 6.07. The Morgan fingerprint density at radius 1 is 1.44 bits per heavy atom. The maximum Gasteiger partial charge on any atom is 0.0623 e. The number of methoxy groups -OCH3 is 1. The zero-order valence-electron chi connectivity index (χ0n) is 10.4. The first-order chi connectivity index (χ1) is 7.53. The van der Waals surface area contributed by atoms with Crippen LogP contribution in [0.5, 0.6) is 0 Å². The van der Waals surface area contributed by atoms with E-state index in [2.05, 4.69) is 18.8 Å². The number of pyridine rings is 1. The van der Waals surface area contributed by atoms with Gasteiger partial charge >= 0.3 is 0 Å². The molecule has 0 aromatic carbocycles. The van der Waals surface area contributed by atoms with Gasteiger partial charge in [-0.3, -0.25) is 4.98 Å². The SMILES string of the molecule is COC(C)(C)CCC(N)Cc1ccccn1. The molecule has 0 aliphatic heterocycles. The van der Waals surface area contributed by atoms with Crippen molar-refractivity contribution in [2.45, 2.75) is 44.8 Å². The van der Waals surface area contributed by atoms with Crippen LogP contribution in [0.25, 0.3) is 0 Å². The largest absolute Gasteiger partial charge is 0.379 e. The topological polar surface area (TPSA) is 48.1 Å². The normalized spacial score (nSPS) is 13.8. The summed E-state index contributed by atoms with van der Waals surface area (Å²) in [5, 5.41) is 0. The van der Waals surface area contributed by atoms with Crippen LogP contribution in [0, 0.1) is 0 Å². The van der Waals surface area contributed by atoms with Gasteiger partial charge in [-0.25, -0.2) is 0 Å². The Balaban J connectivity index is 2.34. The summed E-state index contributed by atoms with van der Waals surface area (Å²) < 4.78 is 5.37. The van der Waals surface area contributed by atoms with Crippen molar-refractivity contribution in [3.63, 3.8) is 0 Å². The number of hydrogen-bond donors (Lipinski definition) is 1. The number of hydrogen-bond acceptors (Lipinski definition) is 3. The van der Waals surface area contributed by atoms with Gasteiger partial charge in [0.1, 0.15) is 0 Å². The second kappa shape index (κ2) is 5.97. The first kappa shape index (κ1) is 13.1.